The Morgan fingerprint density at radius 2 is 0.817 bits per heavy atom. The summed E-state index contributed by atoms with van der Waals surface area (Å²) in [5.74, 6) is 0. The lowest BCUT2D eigenvalue weighted by Gasteiger charge is -2.22. The first-order valence-corrected chi connectivity index (χ1v) is 20.8. The van der Waals surface area contributed by atoms with E-state index < -0.39 is 0 Å². The highest BCUT2D eigenvalue weighted by Crippen LogP contribution is 2.45. The summed E-state index contributed by atoms with van der Waals surface area (Å²) in [5, 5.41) is 15.7. The van der Waals surface area contributed by atoms with Crippen molar-refractivity contribution in [2.45, 2.75) is 52.4 Å². The van der Waals surface area contributed by atoms with Gasteiger partial charge in [-0.2, -0.15) is 5.26 Å². The molecule has 7 aromatic carbocycles. The Labute approximate surface area is 351 Å². The van der Waals surface area contributed by atoms with Crippen LogP contribution in [0.15, 0.2) is 170 Å². The zero-order valence-corrected chi connectivity index (χ0v) is 35.0. The van der Waals surface area contributed by atoms with Gasteiger partial charge in [0.25, 0.3) is 0 Å². The second-order valence-corrected chi connectivity index (χ2v) is 18.0. The van der Waals surface area contributed by atoms with Gasteiger partial charge >= 0.3 is 0 Å². The van der Waals surface area contributed by atoms with Gasteiger partial charge in [-0.15, -0.1) is 0 Å². The summed E-state index contributed by atoms with van der Waals surface area (Å²) >= 11 is 0. The molecule has 0 aliphatic rings. The second-order valence-electron chi connectivity index (χ2n) is 18.0. The number of aromatic nitrogens is 3. The maximum atomic E-state index is 11.0. The topological polar surface area (TPSA) is 46.5 Å². The molecule has 0 atom stereocenters. The molecule has 0 saturated heterocycles. The van der Waals surface area contributed by atoms with Crippen LogP contribution in [-0.2, 0) is 10.8 Å². The van der Waals surface area contributed by atoms with Crippen molar-refractivity contribution in [3.8, 4) is 51.1 Å². The summed E-state index contributed by atoms with van der Waals surface area (Å²) in [4.78, 5) is 5.32. The van der Waals surface area contributed by atoms with E-state index in [1.165, 1.54) is 32.7 Å². The predicted molar refractivity (Wildman–Crippen MR) is 251 cm³/mol. The van der Waals surface area contributed by atoms with Crippen LogP contribution in [0, 0.1) is 11.3 Å². The average molecular weight is 775 g/mol. The Kier molecular flexibility index (Phi) is 8.63. The zero-order chi connectivity index (χ0) is 41.3. The van der Waals surface area contributed by atoms with Crippen LogP contribution >= 0.6 is 0 Å². The molecule has 3 heterocycles. The van der Waals surface area contributed by atoms with Crippen molar-refractivity contribution in [3.05, 3.63) is 187 Å². The van der Waals surface area contributed by atoms with Crippen LogP contribution < -0.4 is 0 Å². The molecule has 0 saturated carbocycles. The highest BCUT2D eigenvalue weighted by molar-refractivity contribution is 6.12. The molecule has 10 aromatic rings. The summed E-state index contributed by atoms with van der Waals surface area (Å²) in [6, 6.07) is 63.2. The summed E-state index contributed by atoms with van der Waals surface area (Å²) in [6.07, 6.45) is 0. The van der Waals surface area contributed by atoms with E-state index in [4.69, 9.17) is 4.98 Å². The third-order valence-corrected chi connectivity index (χ3v) is 12.0. The van der Waals surface area contributed by atoms with Gasteiger partial charge in [-0.25, -0.2) is 4.98 Å². The standard InChI is InChI=1S/C56H46N4/c1-55(2,3)40-25-27-50-44(33-40)42-21-13-15-23-48(42)59(50)52-29-36(35-57)30-53(60-49-24-16-14-22-43(49)45-34-41(56(4,5)6)26-28-51(45)60)54(52)39-31-46(37-17-9-7-10-18-37)58-47(32-39)38-19-11-8-12-20-38/h7-34H,1-6H3. The Bertz CT molecular complexity index is 3120. The third-order valence-electron chi connectivity index (χ3n) is 12.0. The van der Waals surface area contributed by atoms with Crippen LogP contribution in [0.25, 0.3) is 88.6 Å². The van der Waals surface area contributed by atoms with Gasteiger partial charge in [-0.3, -0.25) is 0 Å². The van der Waals surface area contributed by atoms with E-state index in [1.807, 2.05) is 12.1 Å². The summed E-state index contributed by atoms with van der Waals surface area (Å²) in [7, 11) is 0. The number of nitriles is 1. The number of pyridine rings is 1. The van der Waals surface area contributed by atoms with Gasteiger partial charge in [0.05, 0.1) is 56.5 Å². The quantitative estimate of drug-likeness (QED) is 0.175. The molecular formula is C56H46N4. The van der Waals surface area contributed by atoms with Crippen LogP contribution in [-0.4, -0.2) is 14.1 Å². The fourth-order valence-electron chi connectivity index (χ4n) is 8.91. The second kappa shape index (κ2) is 14.0. The van der Waals surface area contributed by atoms with E-state index in [0.29, 0.717) is 5.56 Å². The number of nitrogens with zero attached hydrogens (tertiary/aromatic N) is 4. The Morgan fingerprint density at radius 1 is 0.417 bits per heavy atom. The molecular weight excluding hydrogens is 729 g/mol. The molecule has 10 rings (SSSR count). The molecule has 3 aromatic heterocycles. The zero-order valence-electron chi connectivity index (χ0n) is 35.0. The van der Waals surface area contributed by atoms with Gasteiger partial charge < -0.3 is 9.13 Å². The van der Waals surface area contributed by atoms with Crippen LogP contribution in [0.3, 0.4) is 0 Å². The van der Waals surface area contributed by atoms with E-state index in [1.54, 1.807) is 0 Å². The molecule has 0 radical (unpaired) electrons. The van der Waals surface area contributed by atoms with Crippen LogP contribution in [0.4, 0.5) is 0 Å². The normalized spacial score (nSPS) is 12.2. The molecule has 4 nitrogen and oxygen atoms in total. The van der Waals surface area contributed by atoms with Crippen LogP contribution in [0.2, 0.25) is 0 Å². The molecule has 0 bridgehead atoms. The van der Waals surface area contributed by atoms with E-state index in [0.717, 1.165) is 67.1 Å². The minimum absolute atomic E-state index is 0.0292. The van der Waals surface area contributed by atoms with Crippen molar-refractivity contribution in [1.82, 2.24) is 14.1 Å². The molecule has 0 spiro atoms. The third kappa shape index (κ3) is 6.17. The molecule has 0 amide bonds. The number of fused-ring (bicyclic) bond motifs is 6. The molecule has 0 unspecified atom stereocenters. The van der Waals surface area contributed by atoms with Gasteiger partial charge in [0.2, 0.25) is 0 Å². The van der Waals surface area contributed by atoms with Gasteiger partial charge in [0.15, 0.2) is 0 Å². The van der Waals surface area contributed by atoms with E-state index >= 15 is 0 Å². The highest BCUT2D eigenvalue weighted by Gasteiger charge is 2.26. The van der Waals surface area contributed by atoms with Gasteiger partial charge in [-0.1, -0.05) is 151 Å². The maximum absolute atomic E-state index is 11.0. The van der Waals surface area contributed by atoms with Crippen LogP contribution in [0.5, 0.6) is 0 Å². The van der Waals surface area contributed by atoms with Gasteiger partial charge in [0.1, 0.15) is 0 Å². The molecule has 0 aliphatic heterocycles. The Hall–Kier alpha value is -7.22. The minimum Gasteiger partial charge on any atom is -0.308 e. The lowest BCUT2D eigenvalue weighted by molar-refractivity contribution is 0.591. The summed E-state index contributed by atoms with van der Waals surface area (Å²) in [6.45, 7) is 13.6. The first-order valence-electron chi connectivity index (χ1n) is 20.8. The minimum atomic E-state index is -0.0292. The fourth-order valence-corrected chi connectivity index (χ4v) is 8.91. The van der Waals surface area contributed by atoms with Crippen molar-refractivity contribution in [2.75, 3.05) is 0 Å². The number of hydrogen-bond acceptors (Lipinski definition) is 2. The van der Waals surface area contributed by atoms with E-state index in [-0.39, 0.29) is 10.8 Å². The highest BCUT2D eigenvalue weighted by atomic mass is 15.0. The van der Waals surface area contributed by atoms with Crippen molar-refractivity contribution >= 4 is 43.6 Å². The number of benzene rings is 7. The first-order chi connectivity index (χ1) is 29.0. The van der Waals surface area contributed by atoms with Gasteiger partial charge in [-0.05, 0) is 88.2 Å². The van der Waals surface area contributed by atoms with Crippen LogP contribution in [0.1, 0.15) is 58.2 Å². The monoisotopic (exact) mass is 774 g/mol. The van der Waals surface area contributed by atoms with Crippen molar-refractivity contribution < 1.29 is 0 Å². The molecule has 60 heavy (non-hydrogen) atoms. The molecule has 290 valence electrons. The first kappa shape index (κ1) is 37.1. The lowest BCUT2D eigenvalue weighted by Crippen LogP contribution is -2.10. The maximum Gasteiger partial charge on any atom is 0.0993 e. The summed E-state index contributed by atoms with van der Waals surface area (Å²) in [5.41, 5.74) is 15.1. The fraction of sp³-hybridized carbons (Fsp3) is 0.143. The molecule has 4 heteroatoms. The number of para-hydroxylation sites is 2. The Balaban J connectivity index is 1.40. The largest absolute Gasteiger partial charge is 0.308 e. The van der Waals surface area contributed by atoms with Crippen molar-refractivity contribution in [2.24, 2.45) is 0 Å². The van der Waals surface area contributed by atoms with E-state index in [2.05, 4.69) is 214 Å². The van der Waals surface area contributed by atoms with Crippen molar-refractivity contribution in [1.29, 1.82) is 5.26 Å². The molecule has 0 N–H and O–H groups in total. The summed E-state index contributed by atoms with van der Waals surface area (Å²) < 4.78 is 4.76. The van der Waals surface area contributed by atoms with Gasteiger partial charge in [0, 0.05) is 38.2 Å². The number of hydrogen-bond donors (Lipinski definition) is 0. The molecule has 0 fully saturated rings. The predicted octanol–water partition coefficient (Wildman–Crippen LogP) is 14.7. The van der Waals surface area contributed by atoms with Crippen molar-refractivity contribution in [3.63, 3.8) is 0 Å². The number of rotatable bonds is 5. The van der Waals surface area contributed by atoms with E-state index in [9.17, 15) is 5.26 Å². The SMILES string of the molecule is CC(C)(C)c1ccc2c(c1)c1ccccc1n2-c1cc(C#N)cc(-n2c3ccccc3c3cc(C(C)(C)C)ccc32)c1-c1cc(-c2ccccc2)nc(-c2ccccc2)c1. The lowest BCUT2D eigenvalue weighted by atomic mass is 9.86. The Morgan fingerprint density at radius 3 is 1.23 bits per heavy atom. The smallest absolute Gasteiger partial charge is 0.0993 e. The average Bonchev–Trinajstić information content (AvgIpc) is 3.78. The molecule has 0 aliphatic carbocycles.